The third-order valence-electron chi connectivity index (χ3n) is 5.70. The minimum Gasteiger partial charge on any atom is -0.489 e. The fraction of sp³-hybridized carbons (Fsp3) is 0.370. The third kappa shape index (κ3) is 5.19. The monoisotopic (exact) mass is 416 g/mol. The summed E-state index contributed by atoms with van der Waals surface area (Å²) in [5, 5.41) is 0. The van der Waals surface area contributed by atoms with Gasteiger partial charge in [-0.05, 0) is 47.2 Å². The molecular formula is C27H32N2O2. The van der Waals surface area contributed by atoms with Crippen LogP contribution in [0.2, 0.25) is 0 Å². The Hall–Kier alpha value is -3.01. The van der Waals surface area contributed by atoms with Gasteiger partial charge in [0.05, 0.1) is 6.04 Å². The highest BCUT2D eigenvalue weighted by Gasteiger charge is 2.32. The van der Waals surface area contributed by atoms with Gasteiger partial charge in [0, 0.05) is 31.4 Å². The van der Waals surface area contributed by atoms with Crippen LogP contribution in [0.25, 0.3) is 0 Å². The second-order valence-electron chi connectivity index (χ2n) is 9.55. The van der Waals surface area contributed by atoms with Gasteiger partial charge in [-0.1, -0.05) is 63.2 Å². The van der Waals surface area contributed by atoms with E-state index in [0.717, 1.165) is 36.4 Å². The molecule has 4 rings (SSSR count). The highest BCUT2D eigenvalue weighted by atomic mass is 16.5. The summed E-state index contributed by atoms with van der Waals surface area (Å²) in [6, 6.07) is 22.6. The van der Waals surface area contributed by atoms with Gasteiger partial charge >= 0.3 is 0 Å². The van der Waals surface area contributed by atoms with E-state index in [9.17, 15) is 4.79 Å². The van der Waals surface area contributed by atoms with Crippen LogP contribution in [0.3, 0.4) is 0 Å². The van der Waals surface area contributed by atoms with Gasteiger partial charge in [-0.15, -0.1) is 0 Å². The number of hydrogen-bond donors (Lipinski definition) is 0. The zero-order valence-electron chi connectivity index (χ0n) is 18.8. The number of amides is 1. The summed E-state index contributed by atoms with van der Waals surface area (Å²) in [5.41, 5.74) is 3.41. The van der Waals surface area contributed by atoms with Gasteiger partial charge in [-0.25, -0.2) is 0 Å². The summed E-state index contributed by atoms with van der Waals surface area (Å²) in [5.74, 6) is 1.06. The molecule has 0 aliphatic carbocycles. The fourth-order valence-corrected chi connectivity index (χ4v) is 4.24. The Morgan fingerprint density at radius 1 is 0.968 bits per heavy atom. The van der Waals surface area contributed by atoms with Gasteiger partial charge in [0.15, 0.2) is 0 Å². The van der Waals surface area contributed by atoms with Crippen LogP contribution in [-0.4, -0.2) is 21.9 Å². The molecule has 0 bridgehead atoms. The number of carbonyl (C=O) groups excluding carboxylic acids is 1. The number of rotatable bonds is 5. The average molecular weight is 417 g/mol. The minimum absolute atomic E-state index is 0.0366. The maximum absolute atomic E-state index is 13.3. The van der Waals surface area contributed by atoms with Crippen LogP contribution in [0.4, 0.5) is 0 Å². The Morgan fingerprint density at radius 2 is 1.71 bits per heavy atom. The summed E-state index contributed by atoms with van der Waals surface area (Å²) in [7, 11) is 0. The summed E-state index contributed by atoms with van der Waals surface area (Å²) in [4.78, 5) is 15.4. The highest BCUT2D eigenvalue weighted by Crippen LogP contribution is 2.34. The van der Waals surface area contributed by atoms with Crippen molar-refractivity contribution in [3.63, 3.8) is 0 Å². The van der Waals surface area contributed by atoms with Crippen molar-refractivity contribution < 1.29 is 9.53 Å². The summed E-state index contributed by atoms with van der Waals surface area (Å²) in [6.07, 6.45) is 3.63. The smallest absolute Gasteiger partial charge is 0.223 e. The summed E-state index contributed by atoms with van der Waals surface area (Å²) < 4.78 is 8.25. The molecule has 0 N–H and O–H groups in total. The molecule has 0 unspecified atom stereocenters. The molecule has 2 heterocycles. The third-order valence-corrected chi connectivity index (χ3v) is 5.70. The minimum atomic E-state index is -0.0736. The van der Waals surface area contributed by atoms with E-state index in [-0.39, 0.29) is 17.4 Å². The van der Waals surface area contributed by atoms with Crippen LogP contribution in [0, 0.1) is 5.41 Å². The lowest BCUT2D eigenvalue weighted by atomic mass is 9.90. The van der Waals surface area contributed by atoms with Crippen LogP contribution < -0.4 is 4.74 Å². The molecule has 31 heavy (non-hydrogen) atoms. The Bertz CT molecular complexity index is 1000. The lowest BCUT2D eigenvalue weighted by Crippen LogP contribution is -2.37. The number of ether oxygens (including phenoxy) is 1. The zero-order chi connectivity index (χ0) is 21.8. The molecule has 3 aromatic rings. The molecule has 2 aromatic carbocycles. The lowest BCUT2D eigenvalue weighted by Gasteiger charge is -2.33. The highest BCUT2D eigenvalue weighted by molar-refractivity contribution is 5.78. The number of nitrogens with zero attached hydrogens (tertiary/aromatic N) is 2. The SMILES string of the molecule is CC(C)(C)CC(=O)N1CCCn2cccc2[C@H]1c1ccc(OCc2ccccc2)cc1. The van der Waals surface area contributed by atoms with Crippen molar-refractivity contribution in [2.45, 2.75) is 52.8 Å². The predicted molar refractivity (Wildman–Crippen MR) is 124 cm³/mol. The molecule has 0 radical (unpaired) electrons. The first-order valence-corrected chi connectivity index (χ1v) is 11.1. The Kier molecular flexibility index (Phi) is 6.17. The number of benzene rings is 2. The molecule has 1 amide bonds. The second-order valence-corrected chi connectivity index (χ2v) is 9.55. The number of fused-ring (bicyclic) bond motifs is 1. The largest absolute Gasteiger partial charge is 0.489 e. The van der Waals surface area contributed by atoms with Gasteiger partial charge in [0.1, 0.15) is 12.4 Å². The zero-order valence-corrected chi connectivity index (χ0v) is 18.8. The first kappa shape index (κ1) is 21.2. The van der Waals surface area contributed by atoms with Crippen LogP contribution in [0.1, 0.15) is 56.5 Å². The average Bonchev–Trinajstić information content (AvgIpc) is 3.12. The van der Waals surface area contributed by atoms with E-state index in [1.807, 2.05) is 30.3 Å². The predicted octanol–water partition coefficient (Wildman–Crippen LogP) is 5.83. The van der Waals surface area contributed by atoms with Crippen molar-refractivity contribution in [3.05, 3.63) is 89.7 Å². The molecule has 4 nitrogen and oxygen atoms in total. The van der Waals surface area contributed by atoms with E-state index < -0.39 is 0 Å². The van der Waals surface area contributed by atoms with Crippen molar-refractivity contribution in [2.75, 3.05) is 6.54 Å². The molecular weight excluding hydrogens is 384 g/mol. The maximum Gasteiger partial charge on any atom is 0.223 e. The number of carbonyl (C=O) groups is 1. The van der Waals surface area contributed by atoms with Crippen LogP contribution >= 0.6 is 0 Å². The van der Waals surface area contributed by atoms with Crippen molar-refractivity contribution in [1.82, 2.24) is 9.47 Å². The Balaban J connectivity index is 1.58. The van der Waals surface area contributed by atoms with Crippen molar-refractivity contribution in [3.8, 4) is 5.75 Å². The topological polar surface area (TPSA) is 34.5 Å². The first-order chi connectivity index (χ1) is 14.9. The van der Waals surface area contributed by atoms with Crippen molar-refractivity contribution in [1.29, 1.82) is 0 Å². The van der Waals surface area contributed by atoms with E-state index in [1.54, 1.807) is 0 Å². The first-order valence-electron chi connectivity index (χ1n) is 11.1. The molecule has 0 saturated carbocycles. The molecule has 0 saturated heterocycles. The van der Waals surface area contributed by atoms with Crippen LogP contribution in [-0.2, 0) is 17.9 Å². The van der Waals surface area contributed by atoms with Gasteiger partial charge < -0.3 is 14.2 Å². The Labute approximate surface area is 185 Å². The van der Waals surface area contributed by atoms with Gasteiger partial charge in [-0.3, -0.25) is 4.79 Å². The normalized spacial score (nSPS) is 16.5. The second kappa shape index (κ2) is 9.01. The Morgan fingerprint density at radius 3 is 2.42 bits per heavy atom. The quantitative estimate of drug-likeness (QED) is 0.525. The van der Waals surface area contributed by atoms with Gasteiger partial charge in [0.2, 0.25) is 5.91 Å². The molecule has 0 fully saturated rings. The molecule has 1 aliphatic heterocycles. The maximum atomic E-state index is 13.3. The molecule has 1 atom stereocenters. The molecule has 4 heteroatoms. The number of aryl methyl sites for hydroxylation is 1. The molecule has 1 aromatic heterocycles. The van der Waals surface area contributed by atoms with Crippen molar-refractivity contribution in [2.24, 2.45) is 5.41 Å². The van der Waals surface area contributed by atoms with E-state index in [2.05, 4.69) is 72.8 Å². The molecule has 0 spiro atoms. The lowest BCUT2D eigenvalue weighted by molar-refractivity contribution is -0.134. The van der Waals surface area contributed by atoms with E-state index in [4.69, 9.17) is 4.74 Å². The number of aromatic nitrogens is 1. The molecule has 1 aliphatic rings. The van der Waals surface area contributed by atoms with E-state index >= 15 is 0 Å². The van der Waals surface area contributed by atoms with Gasteiger partial charge in [-0.2, -0.15) is 0 Å². The van der Waals surface area contributed by atoms with Crippen LogP contribution in [0.5, 0.6) is 5.75 Å². The number of hydrogen-bond acceptors (Lipinski definition) is 2. The standard InChI is InChI=1S/C27H32N2O2/c1-27(2,3)19-25(30)29-18-8-17-28-16-7-11-24(28)26(29)22-12-14-23(15-13-22)31-20-21-9-5-4-6-10-21/h4-7,9-16,26H,8,17-20H2,1-3H3/t26-/m1/s1. The van der Waals surface area contributed by atoms with E-state index in [1.165, 1.54) is 5.69 Å². The van der Waals surface area contributed by atoms with E-state index in [0.29, 0.717) is 13.0 Å². The van der Waals surface area contributed by atoms with Crippen molar-refractivity contribution >= 4 is 5.91 Å². The summed E-state index contributed by atoms with van der Waals surface area (Å²) in [6.45, 7) is 8.63. The summed E-state index contributed by atoms with van der Waals surface area (Å²) >= 11 is 0. The van der Waals surface area contributed by atoms with Gasteiger partial charge in [0.25, 0.3) is 0 Å². The van der Waals surface area contributed by atoms with Crippen LogP contribution in [0.15, 0.2) is 72.9 Å². The fourth-order valence-electron chi connectivity index (χ4n) is 4.24. The molecule has 162 valence electrons.